The fourth-order valence-corrected chi connectivity index (χ4v) is 1.23. The van der Waals surface area contributed by atoms with Crippen molar-refractivity contribution in [2.75, 3.05) is 18.0 Å². The fraction of sp³-hybridized carbons (Fsp3) is 0.667. The average Bonchev–Trinajstić information content (AvgIpc) is 2.25. The molecule has 0 unspecified atom stereocenters. The number of aromatic nitrogens is 3. The van der Waals surface area contributed by atoms with E-state index in [-0.39, 0.29) is 17.5 Å². The van der Waals surface area contributed by atoms with Crippen LogP contribution in [-0.2, 0) is 0 Å². The Morgan fingerprint density at radius 2 is 1.81 bits per heavy atom. The van der Waals surface area contributed by atoms with Crippen LogP contribution in [0.25, 0.3) is 0 Å². The predicted octanol–water partition coefficient (Wildman–Crippen LogP) is 0.161. The normalized spacial score (nSPS) is 10.3. The Labute approximate surface area is 93.8 Å². The molecule has 0 radical (unpaired) electrons. The maximum atomic E-state index is 9.17. The Bertz CT molecular complexity index is 373. The van der Waals surface area contributed by atoms with Gasteiger partial charge in [-0.25, -0.2) is 4.99 Å². The van der Waals surface area contributed by atoms with E-state index in [1.165, 1.54) is 12.8 Å². The first kappa shape index (κ1) is 12.3. The number of hydrogen-bond acceptors (Lipinski definition) is 6. The summed E-state index contributed by atoms with van der Waals surface area (Å²) in [5.74, 6) is -0.223. The molecule has 0 bridgehead atoms. The van der Waals surface area contributed by atoms with Crippen molar-refractivity contribution in [3.63, 3.8) is 0 Å². The van der Waals surface area contributed by atoms with Crippen LogP contribution in [0.2, 0.25) is 0 Å². The van der Waals surface area contributed by atoms with E-state index in [1.54, 1.807) is 0 Å². The molecule has 0 atom stereocenters. The molecule has 0 aliphatic rings. The van der Waals surface area contributed by atoms with Gasteiger partial charge in [0.25, 0.3) is 5.62 Å². The number of anilines is 2. The second-order valence-corrected chi connectivity index (χ2v) is 3.49. The van der Waals surface area contributed by atoms with Crippen molar-refractivity contribution in [2.24, 2.45) is 4.99 Å². The van der Waals surface area contributed by atoms with E-state index in [1.807, 2.05) is 0 Å². The van der Waals surface area contributed by atoms with E-state index in [0.29, 0.717) is 11.3 Å². The van der Waals surface area contributed by atoms with E-state index in [2.05, 4.69) is 21.9 Å². The van der Waals surface area contributed by atoms with Gasteiger partial charge in [-0.1, -0.05) is 26.2 Å². The third kappa shape index (κ3) is 3.41. The van der Waals surface area contributed by atoms with E-state index in [4.69, 9.17) is 11.5 Å². The summed E-state index contributed by atoms with van der Waals surface area (Å²) in [6, 6.07) is 0. The zero-order chi connectivity index (χ0) is 12.0. The third-order valence-electron chi connectivity index (χ3n) is 2.13. The minimum absolute atomic E-state index is 0.111. The monoisotopic (exact) mass is 226 g/mol. The molecule has 1 aromatic rings. The number of rotatable bonds is 5. The highest BCUT2D eigenvalue weighted by Crippen LogP contribution is 1.98. The van der Waals surface area contributed by atoms with Crippen molar-refractivity contribution in [3.8, 4) is 0 Å². The molecule has 16 heavy (non-hydrogen) atoms. The smallest absolute Gasteiger partial charge is 0.251 e. The second-order valence-electron chi connectivity index (χ2n) is 3.49. The number of unbranched alkanes of at least 4 members (excludes halogenated alkanes) is 3. The summed E-state index contributed by atoms with van der Waals surface area (Å²) in [5.41, 5.74) is 11.0. The van der Waals surface area contributed by atoms with Crippen molar-refractivity contribution in [3.05, 3.63) is 5.62 Å². The summed E-state index contributed by atoms with van der Waals surface area (Å²) in [4.78, 5) is 11.7. The lowest BCUT2D eigenvalue weighted by molar-refractivity contribution is 0.190. The summed E-state index contributed by atoms with van der Waals surface area (Å²) in [7, 11) is 0. The molecular formula is C9H18N6O. The molecule has 0 aliphatic carbocycles. The zero-order valence-electron chi connectivity index (χ0n) is 9.43. The number of hydrogen-bond donors (Lipinski definition) is 3. The van der Waals surface area contributed by atoms with Gasteiger partial charge < -0.3 is 16.7 Å². The van der Waals surface area contributed by atoms with E-state index in [0.717, 1.165) is 12.8 Å². The Morgan fingerprint density at radius 3 is 2.38 bits per heavy atom. The van der Waals surface area contributed by atoms with E-state index < -0.39 is 0 Å². The largest absolute Gasteiger partial charge is 0.422 e. The SMILES string of the molecule is CCCCCCN=c1nc(N)n(O)c(N)n1. The third-order valence-corrected chi connectivity index (χ3v) is 2.13. The molecule has 0 fully saturated rings. The average molecular weight is 226 g/mol. The topological polar surface area (TPSA) is 115 Å². The Kier molecular flexibility index (Phi) is 4.56. The minimum atomic E-state index is -0.111. The molecule has 1 aromatic heterocycles. The van der Waals surface area contributed by atoms with Crippen LogP contribution in [0.1, 0.15) is 32.6 Å². The maximum absolute atomic E-state index is 9.17. The Hall–Kier alpha value is -1.79. The van der Waals surface area contributed by atoms with Crippen molar-refractivity contribution in [1.29, 1.82) is 0 Å². The molecule has 90 valence electrons. The predicted molar refractivity (Wildman–Crippen MR) is 60.6 cm³/mol. The van der Waals surface area contributed by atoms with Gasteiger partial charge in [0, 0.05) is 6.54 Å². The lowest BCUT2D eigenvalue weighted by Gasteiger charge is -2.02. The van der Waals surface area contributed by atoms with Crippen LogP contribution in [0.15, 0.2) is 4.99 Å². The van der Waals surface area contributed by atoms with Crippen LogP contribution in [0.4, 0.5) is 11.9 Å². The van der Waals surface area contributed by atoms with Crippen molar-refractivity contribution in [2.45, 2.75) is 32.6 Å². The molecule has 5 N–H and O–H groups in total. The lowest BCUT2D eigenvalue weighted by atomic mass is 10.2. The molecule has 0 saturated heterocycles. The van der Waals surface area contributed by atoms with Gasteiger partial charge in [0.05, 0.1) is 0 Å². The van der Waals surface area contributed by atoms with Gasteiger partial charge in [-0.2, -0.15) is 9.97 Å². The molecular weight excluding hydrogens is 208 g/mol. The van der Waals surface area contributed by atoms with Crippen LogP contribution in [-0.4, -0.2) is 26.5 Å². The standard InChI is InChI=1S/C9H18N6O/c1-2-3-4-5-6-12-9-13-7(10)15(16)8(11)14-9/h16H,2-6H2,1H3,(H4,10,11,12,13,14). The Balaban J connectivity index is 2.62. The van der Waals surface area contributed by atoms with Gasteiger partial charge in [-0.3, -0.25) is 0 Å². The van der Waals surface area contributed by atoms with Crippen LogP contribution in [0.3, 0.4) is 0 Å². The van der Waals surface area contributed by atoms with Gasteiger partial charge >= 0.3 is 0 Å². The van der Waals surface area contributed by atoms with Gasteiger partial charge in [-0.15, -0.1) is 4.73 Å². The second kappa shape index (κ2) is 5.94. The molecule has 7 heteroatoms. The van der Waals surface area contributed by atoms with Crippen LogP contribution >= 0.6 is 0 Å². The van der Waals surface area contributed by atoms with Gasteiger partial charge in [0.15, 0.2) is 0 Å². The first-order chi connectivity index (χ1) is 7.65. The molecule has 7 nitrogen and oxygen atoms in total. The summed E-state index contributed by atoms with van der Waals surface area (Å²) >= 11 is 0. The van der Waals surface area contributed by atoms with Crippen LogP contribution < -0.4 is 17.1 Å². The highest BCUT2D eigenvalue weighted by molar-refractivity contribution is 5.25. The molecule has 0 saturated carbocycles. The van der Waals surface area contributed by atoms with Crippen LogP contribution in [0, 0.1) is 0 Å². The first-order valence-electron chi connectivity index (χ1n) is 5.37. The zero-order valence-corrected chi connectivity index (χ0v) is 9.43. The van der Waals surface area contributed by atoms with Gasteiger partial charge in [-0.05, 0) is 6.42 Å². The number of nitrogens with two attached hydrogens (primary N) is 2. The molecule has 0 aliphatic heterocycles. The van der Waals surface area contributed by atoms with Gasteiger partial charge in [0.2, 0.25) is 11.9 Å². The summed E-state index contributed by atoms with van der Waals surface area (Å²) in [6.45, 7) is 2.80. The molecule has 0 amide bonds. The molecule has 1 heterocycles. The quantitative estimate of drug-likeness (QED) is 0.488. The molecule has 0 spiro atoms. The number of nitrogen functional groups attached to an aromatic ring is 2. The van der Waals surface area contributed by atoms with Crippen molar-refractivity contribution in [1.82, 2.24) is 14.7 Å². The minimum Gasteiger partial charge on any atom is -0.422 e. The number of nitrogens with zero attached hydrogens (tertiary/aromatic N) is 4. The summed E-state index contributed by atoms with van der Waals surface area (Å²) < 4.78 is 0.524. The van der Waals surface area contributed by atoms with Crippen LogP contribution in [0.5, 0.6) is 0 Å². The highest BCUT2D eigenvalue weighted by Gasteiger charge is 2.01. The van der Waals surface area contributed by atoms with Crippen molar-refractivity contribution >= 4 is 11.9 Å². The van der Waals surface area contributed by atoms with E-state index >= 15 is 0 Å². The Morgan fingerprint density at radius 1 is 1.19 bits per heavy atom. The fourth-order valence-electron chi connectivity index (χ4n) is 1.23. The highest BCUT2D eigenvalue weighted by atomic mass is 16.5. The summed E-state index contributed by atoms with van der Waals surface area (Å²) in [5, 5.41) is 9.17. The van der Waals surface area contributed by atoms with Crippen molar-refractivity contribution < 1.29 is 5.21 Å². The lowest BCUT2D eigenvalue weighted by Crippen LogP contribution is -2.23. The maximum Gasteiger partial charge on any atom is 0.251 e. The van der Waals surface area contributed by atoms with Gasteiger partial charge in [0.1, 0.15) is 0 Å². The molecule has 0 aromatic carbocycles. The molecule has 1 rings (SSSR count). The summed E-state index contributed by atoms with van der Waals surface area (Å²) in [6.07, 6.45) is 4.52. The van der Waals surface area contributed by atoms with E-state index in [9.17, 15) is 5.21 Å². The first-order valence-corrected chi connectivity index (χ1v) is 5.37.